The summed E-state index contributed by atoms with van der Waals surface area (Å²) in [5, 5.41) is 8.50. The van der Waals surface area contributed by atoms with Crippen LogP contribution >= 0.6 is 0 Å². The van der Waals surface area contributed by atoms with E-state index in [2.05, 4.69) is 0 Å². The monoisotopic (exact) mass is 233 g/mol. The SMILES string of the molecule is CC(C(=O)O)N1C(=O)C=CC1=O.[Zn]. The van der Waals surface area contributed by atoms with Gasteiger partial charge in [-0.15, -0.1) is 0 Å². The Labute approximate surface area is 87.2 Å². The number of carboxylic acids is 1. The van der Waals surface area contributed by atoms with E-state index in [4.69, 9.17) is 5.11 Å². The number of aliphatic carboxylic acids is 1. The first-order chi connectivity index (χ1) is 5.54. The maximum absolute atomic E-state index is 10.9. The minimum atomic E-state index is -1.19. The zero-order chi connectivity index (χ0) is 9.30. The van der Waals surface area contributed by atoms with Gasteiger partial charge in [-0.1, -0.05) is 0 Å². The Kier molecular flexibility index (Phi) is 3.94. The summed E-state index contributed by atoms with van der Waals surface area (Å²) in [6.07, 6.45) is 2.11. The summed E-state index contributed by atoms with van der Waals surface area (Å²) in [7, 11) is 0. The van der Waals surface area contributed by atoms with Crippen LogP contribution in [0.2, 0.25) is 0 Å². The third-order valence-electron chi connectivity index (χ3n) is 1.59. The van der Waals surface area contributed by atoms with Gasteiger partial charge >= 0.3 is 5.97 Å². The van der Waals surface area contributed by atoms with Crippen LogP contribution in [0.25, 0.3) is 0 Å². The van der Waals surface area contributed by atoms with Gasteiger partial charge in [0.15, 0.2) is 0 Å². The second kappa shape index (κ2) is 4.28. The quantitative estimate of drug-likeness (QED) is 0.511. The van der Waals surface area contributed by atoms with Crippen molar-refractivity contribution in [1.82, 2.24) is 4.90 Å². The van der Waals surface area contributed by atoms with Gasteiger partial charge in [0.1, 0.15) is 6.04 Å². The topological polar surface area (TPSA) is 74.7 Å². The fourth-order valence-corrected chi connectivity index (χ4v) is 0.904. The average molecular weight is 235 g/mol. The molecule has 1 N–H and O–H groups in total. The molecule has 66 valence electrons. The Balaban J connectivity index is 0.00000144. The first-order valence-corrected chi connectivity index (χ1v) is 3.32. The summed E-state index contributed by atoms with van der Waals surface area (Å²) >= 11 is 0. The summed E-state index contributed by atoms with van der Waals surface area (Å²) in [6, 6.07) is -1.10. The van der Waals surface area contributed by atoms with E-state index in [-0.39, 0.29) is 19.5 Å². The largest absolute Gasteiger partial charge is 0.480 e. The predicted octanol–water partition coefficient (Wildman–Crippen LogP) is -0.618. The molecule has 1 heterocycles. The van der Waals surface area contributed by atoms with E-state index in [0.717, 1.165) is 12.2 Å². The molecule has 0 aromatic carbocycles. The van der Waals surface area contributed by atoms with Gasteiger partial charge in [-0.25, -0.2) is 4.79 Å². The molecule has 0 aromatic rings. The van der Waals surface area contributed by atoms with E-state index in [9.17, 15) is 14.4 Å². The number of carbonyl (C=O) groups is 3. The van der Waals surface area contributed by atoms with Gasteiger partial charge in [-0.3, -0.25) is 14.5 Å². The van der Waals surface area contributed by atoms with Crippen LogP contribution in [0, 0.1) is 0 Å². The third-order valence-corrected chi connectivity index (χ3v) is 1.59. The normalized spacial score (nSPS) is 17.2. The van der Waals surface area contributed by atoms with Crippen molar-refractivity contribution in [3.63, 3.8) is 0 Å². The van der Waals surface area contributed by atoms with Gasteiger partial charge in [0, 0.05) is 31.6 Å². The number of rotatable bonds is 2. The van der Waals surface area contributed by atoms with Crippen LogP contribution < -0.4 is 0 Å². The Morgan fingerprint density at radius 2 is 1.77 bits per heavy atom. The van der Waals surface area contributed by atoms with E-state index in [1.807, 2.05) is 0 Å². The van der Waals surface area contributed by atoms with E-state index in [0.29, 0.717) is 4.90 Å². The molecule has 1 atom stereocenters. The first-order valence-electron chi connectivity index (χ1n) is 3.32. The second-order valence-corrected chi connectivity index (χ2v) is 2.39. The van der Waals surface area contributed by atoms with E-state index < -0.39 is 23.8 Å². The third kappa shape index (κ3) is 2.21. The van der Waals surface area contributed by atoms with Gasteiger partial charge in [0.2, 0.25) is 0 Å². The molecule has 0 radical (unpaired) electrons. The number of carbonyl (C=O) groups excluding carboxylic acids is 2. The molecule has 2 amide bonds. The Morgan fingerprint density at radius 3 is 2.08 bits per heavy atom. The molecule has 1 rings (SSSR count). The second-order valence-electron chi connectivity index (χ2n) is 2.39. The molecule has 1 aliphatic rings. The molecule has 1 unspecified atom stereocenters. The predicted molar refractivity (Wildman–Crippen MR) is 38.1 cm³/mol. The number of hydrogen-bond acceptors (Lipinski definition) is 3. The maximum atomic E-state index is 10.9. The molecule has 0 fully saturated rings. The molecule has 0 aromatic heterocycles. The van der Waals surface area contributed by atoms with Gasteiger partial charge < -0.3 is 5.11 Å². The summed E-state index contributed by atoms with van der Waals surface area (Å²) < 4.78 is 0. The van der Waals surface area contributed by atoms with Crippen LogP contribution in [0.1, 0.15) is 6.92 Å². The van der Waals surface area contributed by atoms with E-state index in [1.54, 1.807) is 0 Å². The average Bonchev–Trinajstić information content (AvgIpc) is 2.30. The van der Waals surface area contributed by atoms with Crippen molar-refractivity contribution in [2.24, 2.45) is 0 Å². The van der Waals surface area contributed by atoms with Crippen molar-refractivity contribution in [1.29, 1.82) is 0 Å². The van der Waals surface area contributed by atoms with Crippen molar-refractivity contribution in [3.05, 3.63) is 12.2 Å². The Bertz CT molecular complexity index is 268. The van der Waals surface area contributed by atoms with Crippen molar-refractivity contribution in [2.75, 3.05) is 0 Å². The zero-order valence-electron chi connectivity index (χ0n) is 7.06. The van der Waals surface area contributed by atoms with Crippen molar-refractivity contribution in [2.45, 2.75) is 13.0 Å². The Hall–Kier alpha value is -1.03. The Morgan fingerprint density at radius 1 is 1.38 bits per heavy atom. The molecule has 0 saturated carbocycles. The van der Waals surface area contributed by atoms with Crippen LogP contribution in [0.5, 0.6) is 0 Å². The smallest absolute Gasteiger partial charge is 0.326 e. The van der Waals surface area contributed by atoms with E-state index in [1.165, 1.54) is 6.92 Å². The number of amides is 2. The molecular formula is C7H7NO4Zn. The van der Waals surface area contributed by atoms with Gasteiger partial charge in [-0.2, -0.15) is 0 Å². The van der Waals surface area contributed by atoms with Gasteiger partial charge in [-0.05, 0) is 6.92 Å². The standard InChI is InChI=1S/C7H7NO4.Zn/c1-4(7(11)12)8-5(9)2-3-6(8)10;/h2-4H,1H3,(H,11,12);. The van der Waals surface area contributed by atoms with Crippen LogP contribution in [0.3, 0.4) is 0 Å². The summed E-state index contributed by atoms with van der Waals surface area (Å²) in [5.74, 6) is -2.34. The van der Waals surface area contributed by atoms with Gasteiger partial charge in [0.25, 0.3) is 11.8 Å². The van der Waals surface area contributed by atoms with E-state index >= 15 is 0 Å². The molecule has 6 heteroatoms. The number of hydrogen-bond donors (Lipinski definition) is 1. The molecule has 0 aliphatic carbocycles. The van der Waals surface area contributed by atoms with Gasteiger partial charge in [0.05, 0.1) is 0 Å². The van der Waals surface area contributed by atoms with Crippen molar-refractivity contribution >= 4 is 17.8 Å². The molecule has 0 saturated heterocycles. The zero-order valence-corrected chi connectivity index (χ0v) is 10.0. The van der Waals surface area contributed by atoms with Crippen molar-refractivity contribution < 1.29 is 39.0 Å². The number of nitrogens with zero attached hydrogens (tertiary/aromatic N) is 1. The molecule has 0 spiro atoms. The maximum Gasteiger partial charge on any atom is 0.326 e. The summed E-state index contributed by atoms with van der Waals surface area (Å²) in [5.41, 5.74) is 0. The molecule has 13 heavy (non-hydrogen) atoms. The first kappa shape index (κ1) is 12.0. The van der Waals surface area contributed by atoms with Crippen LogP contribution in [-0.2, 0) is 33.9 Å². The van der Waals surface area contributed by atoms with Crippen molar-refractivity contribution in [3.8, 4) is 0 Å². The number of imide groups is 1. The number of carboxylic acid groups (broad SMARTS) is 1. The fraction of sp³-hybridized carbons (Fsp3) is 0.286. The minimum Gasteiger partial charge on any atom is -0.480 e. The molecular weight excluding hydrogens is 227 g/mol. The van der Waals surface area contributed by atoms with Crippen LogP contribution in [0.15, 0.2) is 12.2 Å². The summed E-state index contributed by atoms with van der Waals surface area (Å²) in [4.78, 5) is 32.9. The molecule has 5 nitrogen and oxygen atoms in total. The minimum absolute atomic E-state index is 0. The molecule has 1 aliphatic heterocycles. The fourth-order valence-electron chi connectivity index (χ4n) is 0.904. The van der Waals surface area contributed by atoms with Crippen LogP contribution in [-0.4, -0.2) is 33.8 Å². The van der Waals surface area contributed by atoms with Crippen LogP contribution in [0.4, 0.5) is 0 Å². The summed E-state index contributed by atoms with van der Waals surface area (Å²) in [6.45, 7) is 1.28. The molecule has 0 bridgehead atoms.